The Balaban J connectivity index is 2.83. The molecule has 2 rings (SSSR count). The lowest BCUT2D eigenvalue weighted by Gasteiger charge is -2.12. The molecule has 0 saturated carbocycles. The van der Waals surface area contributed by atoms with Gasteiger partial charge in [-0.3, -0.25) is 4.98 Å². The summed E-state index contributed by atoms with van der Waals surface area (Å²) in [6.07, 6.45) is 2.07. The Morgan fingerprint density at radius 2 is 2.16 bits per heavy atom. The minimum absolute atomic E-state index is 0.0463. The summed E-state index contributed by atoms with van der Waals surface area (Å²) in [5.74, 6) is -1.13. The molecule has 1 aromatic carbocycles. The van der Waals surface area contributed by atoms with Crippen LogP contribution in [0.3, 0.4) is 0 Å². The lowest BCUT2D eigenvalue weighted by Crippen LogP contribution is -2.05. The third-order valence-corrected chi connectivity index (χ3v) is 2.89. The van der Waals surface area contributed by atoms with Crippen molar-refractivity contribution in [3.8, 4) is 6.07 Å². The van der Waals surface area contributed by atoms with Crippen molar-refractivity contribution in [3.63, 3.8) is 0 Å². The molecule has 2 aromatic rings. The maximum Gasteiger partial charge on any atom is 0.149 e. The van der Waals surface area contributed by atoms with Gasteiger partial charge in [-0.15, -0.1) is 0 Å². The van der Waals surface area contributed by atoms with Gasteiger partial charge in [0.15, 0.2) is 0 Å². The molecule has 0 fully saturated rings. The number of hydrogen-bond acceptors (Lipinski definition) is 3. The van der Waals surface area contributed by atoms with Gasteiger partial charge in [0.2, 0.25) is 0 Å². The number of anilines is 1. The number of aromatic nitrogens is 1. The van der Waals surface area contributed by atoms with E-state index in [2.05, 4.69) is 10.3 Å². The van der Waals surface area contributed by atoms with Crippen LogP contribution in [0.4, 0.5) is 14.5 Å². The van der Waals surface area contributed by atoms with E-state index < -0.39 is 11.6 Å². The van der Waals surface area contributed by atoms with E-state index in [1.165, 1.54) is 13.1 Å². The van der Waals surface area contributed by atoms with Gasteiger partial charge in [-0.05, 0) is 25.0 Å². The largest absolute Gasteiger partial charge is 0.383 e. The fraction of sp³-hybridized carbons (Fsp3) is 0.286. The molecule has 0 spiro atoms. The van der Waals surface area contributed by atoms with Gasteiger partial charge in [-0.25, -0.2) is 8.78 Å². The molecule has 1 N–H and O–H groups in total. The highest BCUT2D eigenvalue weighted by Crippen LogP contribution is 2.31. The van der Waals surface area contributed by atoms with Crippen LogP contribution in [0.1, 0.15) is 24.5 Å². The summed E-state index contributed by atoms with van der Waals surface area (Å²) < 4.78 is 28.1. The molecule has 0 unspecified atom stereocenters. The summed E-state index contributed by atoms with van der Waals surface area (Å²) in [7, 11) is 0. The molecule has 0 amide bonds. The molecule has 0 saturated heterocycles. The minimum atomic E-state index is -0.585. The van der Waals surface area contributed by atoms with E-state index in [0.717, 1.165) is 12.5 Å². The molecule has 19 heavy (non-hydrogen) atoms. The van der Waals surface area contributed by atoms with Gasteiger partial charge in [-0.2, -0.15) is 5.26 Å². The van der Waals surface area contributed by atoms with Gasteiger partial charge in [0, 0.05) is 12.7 Å². The molecule has 98 valence electrons. The van der Waals surface area contributed by atoms with Crippen molar-refractivity contribution in [2.75, 3.05) is 11.9 Å². The predicted octanol–water partition coefficient (Wildman–Crippen LogP) is 3.52. The van der Waals surface area contributed by atoms with Crippen LogP contribution in [0.5, 0.6) is 0 Å². The normalized spacial score (nSPS) is 10.5. The topological polar surface area (TPSA) is 48.7 Å². The molecule has 0 aliphatic rings. The van der Waals surface area contributed by atoms with Crippen molar-refractivity contribution < 1.29 is 8.78 Å². The molecule has 0 atom stereocenters. The van der Waals surface area contributed by atoms with Crippen molar-refractivity contribution in [2.45, 2.75) is 20.3 Å². The first-order chi connectivity index (χ1) is 9.10. The highest BCUT2D eigenvalue weighted by molar-refractivity contribution is 5.95. The average Bonchev–Trinajstić information content (AvgIpc) is 2.41. The Morgan fingerprint density at radius 1 is 1.42 bits per heavy atom. The fourth-order valence-corrected chi connectivity index (χ4v) is 1.94. The second kappa shape index (κ2) is 5.19. The second-order valence-electron chi connectivity index (χ2n) is 4.30. The standard InChI is InChI=1S/C14H13F2N3/c1-3-4-18-13-9(6-17)7-19-14-10(15)5-8(2)12(16)11(13)14/h5,7H,3-4H2,1-2H3,(H,18,19). The van der Waals surface area contributed by atoms with Gasteiger partial charge in [0.05, 0.1) is 16.6 Å². The summed E-state index contributed by atoms with van der Waals surface area (Å²) in [4.78, 5) is 3.84. The minimum Gasteiger partial charge on any atom is -0.383 e. The first-order valence-electron chi connectivity index (χ1n) is 6.01. The Bertz CT molecular complexity index is 675. The van der Waals surface area contributed by atoms with Crippen molar-refractivity contribution in [3.05, 3.63) is 35.0 Å². The third-order valence-electron chi connectivity index (χ3n) is 2.89. The van der Waals surface area contributed by atoms with E-state index in [9.17, 15) is 8.78 Å². The van der Waals surface area contributed by atoms with Crippen molar-refractivity contribution in [1.82, 2.24) is 4.98 Å². The van der Waals surface area contributed by atoms with E-state index in [1.807, 2.05) is 13.0 Å². The molecule has 3 nitrogen and oxygen atoms in total. The highest BCUT2D eigenvalue weighted by atomic mass is 19.1. The zero-order valence-electron chi connectivity index (χ0n) is 10.7. The number of aryl methyl sites for hydroxylation is 1. The number of nitrogens with one attached hydrogen (secondary N) is 1. The second-order valence-corrected chi connectivity index (χ2v) is 4.30. The number of nitriles is 1. The summed E-state index contributed by atoms with van der Waals surface area (Å²) >= 11 is 0. The van der Waals surface area contributed by atoms with Crippen LogP contribution in [0.25, 0.3) is 10.9 Å². The van der Waals surface area contributed by atoms with Gasteiger partial charge in [0.25, 0.3) is 0 Å². The maximum atomic E-state index is 14.2. The lowest BCUT2D eigenvalue weighted by molar-refractivity contribution is 0.608. The van der Waals surface area contributed by atoms with E-state index in [-0.39, 0.29) is 22.0 Å². The molecule has 1 aromatic heterocycles. The van der Waals surface area contributed by atoms with Crippen LogP contribution in [0.15, 0.2) is 12.3 Å². The quantitative estimate of drug-likeness (QED) is 0.919. The van der Waals surface area contributed by atoms with E-state index in [4.69, 9.17) is 5.26 Å². The summed E-state index contributed by atoms with van der Waals surface area (Å²) in [6.45, 7) is 4.01. The molecular weight excluding hydrogens is 248 g/mol. The lowest BCUT2D eigenvalue weighted by atomic mass is 10.1. The zero-order chi connectivity index (χ0) is 14.0. The summed E-state index contributed by atoms with van der Waals surface area (Å²) in [6, 6.07) is 3.06. The first-order valence-corrected chi connectivity index (χ1v) is 6.01. The molecule has 0 bridgehead atoms. The van der Waals surface area contributed by atoms with Crippen LogP contribution >= 0.6 is 0 Å². The number of hydrogen-bond donors (Lipinski definition) is 1. The molecule has 0 aliphatic carbocycles. The Kier molecular flexibility index (Phi) is 3.61. The van der Waals surface area contributed by atoms with Crippen LogP contribution < -0.4 is 5.32 Å². The van der Waals surface area contributed by atoms with Crippen molar-refractivity contribution in [2.24, 2.45) is 0 Å². The number of halogens is 2. The van der Waals surface area contributed by atoms with E-state index >= 15 is 0 Å². The molecule has 1 heterocycles. The van der Waals surface area contributed by atoms with Crippen LogP contribution in [0, 0.1) is 29.9 Å². The van der Waals surface area contributed by atoms with Crippen LogP contribution in [0.2, 0.25) is 0 Å². The third kappa shape index (κ3) is 2.22. The molecule has 5 heteroatoms. The smallest absolute Gasteiger partial charge is 0.149 e. The average molecular weight is 261 g/mol. The number of nitrogens with zero attached hydrogens (tertiary/aromatic N) is 2. The monoisotopic (exact) mass is 261 g/mol. The van der Waals surface area contributed by atoms with E-state index in [0.29, 0.717) is 12.2 Å². The van der Waals surface area contributed by atoms with Crippen LogP contribution in [-0.2, 0) is 0 Å². The van der Waals surface area contributed by atoms with Crippen LogP contribution in [-0.4, -0.2) is 11.5 Å². The maximum absolute atomic E-state index is 14.2. The molecule has 0 radical (unpaired) electrons. The molecule has 0 aliphatic heterocycles. The number of pyridine rings is 1. The van der Waals surface area contributed by atoms with E-state index in [1.54, 1.807) is 0 Å². The number of rotatable bonds is 3. The predicted molar refractivity (Wildman–Crippen MR) is 69.9 cm³/mol. The molecular formula is C14H13F2N3. The van der Waals surface area contributed by atoms with Crippen molar-refractivity contribution in [1.29, 1.82) is 5.26 Å². The SMILES string of the molecule is CCCNc1c(C#N)cnc2c(F)cc(C)c(F)c12. The van der Waals surface area contributed by atoms with Gasteiger partial charge >= 0.3 is 0 Å². The highest BCUT2D eigenvalue weighted by Gasteiger charge is 2.17. The summed E-state index contributed by atoms with van der Waals surface area (Å²) in [5.41, 5.74) is 0.668. The Morgan fingerprint density at radius 3 is 2.79 bits per heavy atom. The Hall–Kier alpha value is -2.22. The van der Waals surface area contributed by atoms with Gasteiger partial charge < -0.3 is 5.32 Å². The fourth-order valence-electron chi connectivity index (χ4n) is 1.94. The van der Waals surface area contributed by atoms with Gasteiger partial charge in [0.1, 0.15) is 23.2 Å². The Labute approximate surface area is 109 Å². The summed E-state index contributed by atoms with van der Waals surface area (Å²) in [5, 5.41) is 12.1. The van der Waals surface area contributed by atoms with Gasteiger partial charge in [-0.1, -0.05) is 6.92 Å². The number of fused-ring (bicyclic) bond motifs is 1. The first kappa shape index (κ1) is 13.2. The van der Waals surface area contributed by atoms with Crippen molar-refractivity contribution >= 4 is 16.6 Å². The zero-order valence-corrected chi connectivity index (χ0v) is 10.7. The number of benzene rings is 1.